The minimum absolute atomic E-state index is 0.0171. The largest absolute Gasteiger partial charge is 0.394 e. The summed E-state index contributed by atoms with van der Waals surface area (Å²) in [6, 6.07) is 0. The van der Waals surface area contributed by atoms with Crippen LogP contribution in [0.3, 0.4) is 0 Å². The van der Waals surface area contributed by atoms with Gasteiger partial charge in [0.1, 0.15) is 61.0 Å². The molecule has 5 unspecified atom stereocenters. The van der Waals surface area contributed by atoms with Crippen LogP contribution in [0, 0.1) is 46.3 Å². The normalized spacial score (nSPS) is 58.4. The molecule has 0 amide bonds. The van der Waals surface area contributed by atoms with Crippen LogP contribution in [0.25, 0.3) is 0 Å². The first kappa shape index (κ1) is 45.3. The molecule has 16 nitrogen and oxygen atoms in total. The monoisotopic (exact) mass is 868 g/mol. The van der Waals surface area contributed by atoms with E-state index < -0.39 is 105 Å². The van der Waals surface area contributed by atoms with Gasteiger partial charge in [0.05, 0.1) is 37.6 Å². The molecule has 5 aliphatic heterocycles. The van der Waals surface area contributed by atoms with Gasteiger partial charge in [0.25, 0.3) is 0 Å². The van der Waals surface area contributed by atoms with E-state index >= 15 is 0 Å². The van der Waals surface area contributed by atoms with Gasteiger partial charge < -0.3 is 78.7 Å². The molecule has 1 spiro atoms. The lowest BCUT2D eigenvalue weighted by atomic mass is 9.47. The van der Waals surface area contributed by atoms with E-state index in [4.69, 9.17) is 37.9 Å². The molecule has 8 N–H and O–H groups in total. The summed E-state index contributed by atoms with van der Waals surface area (Å²) in [7, 11) is 0. The van der Waals surface area contributed by atoms with Gasteiger partial charge in [-0.25, -0.2) is 0 Å². The second-order valence-electron chi connectivity index (χ2n) is 21.1. The Morgan fingerprint density at radius 3 is 1.97 bits per heavy atom. The molecular weight excluding hydrogens is 796 g/mol. The standard InChI is InChI=1S/C45H72O16/c1-19-9-14-45(54-18-19)20(2)30-28(61-45)16-27-25-8-7-23-15-24(10-12-43(23,5)26(25)11-13-44(27,30)6)57-42-39(60-41-36(52)34(50)32(48)22(4)56-41)37(53)38(29(17-46)58-42)59-40-35(51)33(49)31(47)21(3)55-40/h7,19-22,24-42,46-53H,8-18H2,1-6H3/t19-,20+,21+,22+,24+,25?,26?,27?,28?,29-,30?,31+,32+,33-,34-,35-,36-,37+,38-,39-,40+,41+,42-,43+,44+,45-/m1/s1. The second kappa shape index (κ2) is 16.8. The number of hydrogen-bond acceptors (Lipinski definition) is 16. The van der Waals surface area contributed by atoms with Crippen molar-refractivity contribution in [1.82, 2.24) is 0 Å². The SMILES string of the molecule is C[C@@H]1CC[C@@]2(OC1)OC1CC3C4CC=C5C[C@@H](O[C@@H]6O[C@H](CO)[C@@H](O[C@@H]7O[C@@H](C)[C@H](O)[C@@H](O)[C@H]7O)[C@H](O)[C@H]6O[C@@H]6O[C@@H](C)[C@H](O)[C@@H](O)[C@H]6O)CC[C@]5(C)C4CC[C@]3(C)C1[C@@H]2C. The molecule has 0 bridgehead atoms. The zero-order valence-corrected chi connectivity index (χ0v) is 36.5. The molecule has 4 aliphatic carbocycles. The van der Waals surface area contributed by atoms with Crippen molar-refractivity contribution in [3.63, 3.8) is 0 Å². The lowest BCUT2D eigenvalue weighted by Gasteiger charge is -2.58. The van der Waals surface area contributed by atoms with Gasteiger partial charge in [-0.1, -0.05) is 39.3 Å². The van der Waals surface area contributed by atoms with Gasteiger partial charge in [-0.3, -0.25) is 0 Å². The average Bonchev–Trinajstić information content (AvgIpc) is 3.69. The summed E-state index contributed by atoms with van der Waals surface area (Å²) in [5.74, 6) is 2.64. The number of aliphatic hydroxyl groups excluding tert-OH is 8. The number of ether oxygens (including phenoxy) is 8. The summed E-state index contributed by atoms with van der Waals surface area (Å²) in [6.07, 6.45) is -10.4. The summed E-state index contributed by atoms with van der Waals surface area (Å²) in [5.41, 5.74) is 1.53. The Hall–Kier alpha value is -0.900. The minimum atomic E-state index is -1.71. The Kier molecular flexibility index (Phi) is 12.4. The average molecular weight is 869 g/mol. The molecule has 0 aromatic carbocycles. The fourth-order valence-electron chi connectivity index (χ4n) is 14.0. The maximum absolute atomic E-state index is 12.0. The van der Waals surface area contributed by atoms with E-state index in [1.165, 1.54) is 25.8 Å². The van der Waals surface area contributed by atoms with Crippen molar-refractivity contribution in [1.29, 1.82) is 0 Å². The summed E-state index contributed by atoms with van der Waals surface area (Å²) in [6.45, 7) is 12.7. The molecule has 9 aliphatic rings. The Labute approximate surface area is 358 Å². The number of fused-ring (bicyclic) bond motifs is 7. The highest BCUT2D eigenvalue weighted by molar-refractivity contribution is 5.26. The van der Waals surface area contributed by atoms with Gasteiger partial charge in [0.15, 0.2) is 24.7 Å². The molecular formula is C45H72O16. The van der Waals surface area contributed by atoms with E-state index in [0.717, 1.165) is 45.1 Å². The van der Waals surface area contributed by atoms with Crippen LogP contribution in [0.5, 0.6) is 0 Å². The van der Waals surface area contributed by atoms with Crippen molar-refractivity contribution >= 4 is 0 Å². The Balaban J connectivity index is 0.916. The predicted octanol–water partition coefficient (Wildman–Crippen LogP) is 1.24. The Bertz CT molecular complexity index is 1590. The van der Waals surface area contributed by atoms with Gasteiger partial charge in [0, 0.05) is 12.3 Å². The van der Waals surface area contributed by atoms with Gasteiger partial charge in [-0.2, -0.15) is 0 Å². The number of aliphatic hydroxyl groups is 8. The topological polar surface area (TPSA) is 236 Å². The molecule has 16 heteroatoms. The van der Waals surface area contributed by atoms with Crippen LogP contribution in [0.4, 0.5) is 0 Å². The lowest BCUT2D eigenvalue weighted by molar-refractivity contribution is -0.388. The van der Waals surface area contributed by atoms with Gasteiger partial charge in [-0.05, 0) is 106 Å². The van der Waals surface area contributed by atoms with Crippen molar-refractivity contribution in [2.24, 2.45) is 46.3 Å². The van der Waals surface area contributed by atoms with Crippen LogP contribution in [-0.2, 0) is 37.9 Å². The molecule has 8 fully saturated rings. The first-order chi connectivity index (χ1) is 28.9. The molecule has 26 atom stereocenters. The van der Waals surface area contributed by atoms with Crippen LogP contribution in [0.15, 0.2) is 11.6 Å². The van der Waals surface area contributed by atoms with Gasteiger partial charge in [0.2, 0.25) is 0 Å². The highest BCUT2D eigenvalue weighted by Crippen LogP contribution is 2.70. The van der Waals surface area contributed by atoms with E-state index in [9.17, 15) is 40.9 Å². The van der Waals surface area contributed by atoms with Crippen LogP contribution >= 0.6 is 0 Å². The molecule has 9 rings (SSSR count). The third-order valence-electron chi connectivity index (χ3n) is 17.6. The summed E-state index contributed by atoms with van der Waals surface area (Å²) in [5, 5.41) is 85.9. The molecule has 61 heavy (non-hydrogen) atoms. The first-order valence-corrected chi connectivity index (χ1v) is 23.2. The molecule has 3 saturated carbocycles. The van der Waals surface area contributed by atoms with Crippen LogP contribution in [0.2, 0.25) is 0 Å². The molecule has 5 heterocycles. The maximum Gasteiger partial charge on any atom is 0.187 e. The van der Waals surface area contributed by atoms with Crippen LogP contribution < -0.4 is 0 Å². The van der Waals surface area contributed by atoms with Gasteiger partial charge >= 0.3 is 0 Å². The minimum Gasteiger partial charge on any atom is -0.394 e. The molecule has 0 radical (unpaired) electrons. The number of allylic oxidation sites excluding steroid dienone is 1. The third-order valence-corrected chi connectivity index (χ3v) is 17.6. The highest BCUT2D eigenvalue weighted by atomic mass is 16.8. The molecule has 0 aromatic rings. The zero-order chi connectivity index (χ0) is 43.5. The van der Waals surface area contributed by atoms with Crippen molar-refractivity contribution in [3.05, 3.63) is 11.6 Å². The van der Waals surface area contributed by atoms with E-state index in [2.05, 4.69) is 33.8 Å². The van der Waals surface area contributed by atoms with Crippen molar-refractivity contribution in [2.75, 3.05) is 13.2 Å². The molecule has 5 saturated heterocycles. The highest BCUT2D eigenvalue weighted by Gasteiger charge is 2.69. The molecule has 0 aromatic heterocycles. The predicted molar refractivity (Wildman–Crippen MR) is 213 cm³/mol. The maximum atomic E-state index is 12.0. The van der Waals surface area contributed by atoms with E-state index in [1.807, 2.05) is 0 Å². The first-order valence-electron chi connectivity index (χ1n) is 23.2. The van der Waals surface area contributed by atoms with Crippen molar-refractivity contribution < 1.29 is 78.7 Å². The lowest BCUT2D eigenvalue weighted by Crippen LogP contribution is -2.66. The van der Waals surface area contributed by atoms with Crippen molar-refractivity contribution in [3.8, 4) is 0 Å². The summed E-state index contributed by atoms with van der Waals surface area (Å²) in [4.78, 5) is 0. The number of rotatable bonds is 7. The Morgan fingerprint density at radius 1 is 0.689 bits per heavy atom. The smallest absolute Gasteiger partial charge is 0.187 e. The van der Waals surface area contributed by atoms with Crippen LogP contribution in [0.1, 0.15) is 99.3 Å². The summed E-state index contributed by atoms with van der Waals surface area (Å²) < 4.78 is 50.1. The van der Waals surface area contributed by atoms with Gasteiger partial charge in [-0.15, -0.1) is 0 Å². The van der Waals surface area contributed by atoms with E-state index in [0.29, 0.717) is 48.3 Å². The fourth-order valence-corrected chi connectivity index (χ4v) is 14.0. The number of hydrogen-bond donors (Lipinski definition) is 8. The third kappa shape index (κ3) is 7.42. The van der Waals surface area contributed by atoms with E-state index in [1.54, 1.807) is 0 Å². The quantitative estimate of drug-likeness (QED) is 0.168. The molecule has 348 valence electrons. The van der Waals surface area contributed by atoms with Crippen molar-refractivity contribution in [2.45, 2.75) is 209 Å². The zero-order valence-electron chi connectivity index (χ0n) is 36.5. The second-order valence-corrected chi connectivity index (χ2v) is 21.1. The summed E-state index contributed by atoms with van der Waals surface area (Å²) >= 11 is 0. The van der Waals surface area contributed by atoms with Crippen LogP contribution in [-0.4, -0.2) is 164 Å². The Morgan fingerprint density at radius 2 is 1.34 bits per heavy atom. The van der Waals surface area contributed by atoms with E-state index in [-0.39, 0.29) is 23.0 Å². The fraction of sp³-hybridized carbons (Fsp3) is 0.956.